The van der Waals surface area contributed by atoms with Crippen molar-refractivity contribution in [1.29, 1.82) is 0 Å². The molecule has 336 valence electrons. The normalized spacial score (nSPS) is 11.9. The SMILES string of the molecule is C=C(C)C.C=C(C)C(=O)Oc1ccc(Oc2cc(N(C)C(=O)c3cc4c(cc3C=O)C(=O)N(C(C)(C)C)C4=O)ccc2Oc2ccc(C(C)(C)C)c(Oc3ccc(OC=O)cc3)c2)cc1. The number of anilines is 1. The monoisotopic (exact) mass is 880 g/mol. The number of fused-ring (bicyclic) bond motifs is 1. The first kappa shape index (κ1) is 48.2. The molecule has 0 spiro atoms. The molecule has 0 atom stereocenters. The lowest BCUT2D eigenvalue weighted by atomic mass is 9.86. The quantitative estimate of drug-likeness (QED) is 0.0277. The first-order valence-corrected chi connectivity index (χ1v) is 20.4. The zero-order valence-electron chi connectivity index (χ0n) is 38.2. The second kappa shape index (κ2) is 19.7. The molecular weight excluding hydrogens is 829 g/mol. The molecule has 0 unspecified atom stereocenters. The van der Waals surface area contributed by atoms with Gasteiger partial charge in [-0.3, -0.25) is 28.9 Å². The lowest BCUT2D eigenvalue weighted by Gasteiger charge is -2.29. The minimum Gasteiger partial charge on any atom is -0.457 e. The summed E-state index contributed by atoms with van der Waals surface area (Å²) < 4.78 is 29.3. The second-order valence-corrected chi connectivity index (χ2v) is 17.5. The van der Waals surface area contributed by atoms with Crippen LogP contribution in [0.1, 0.15) is 109 Å². The summed E-state index contributed by atoms with van der Waals surface area (Å²) in [6.07, 6.45) is 0.474. The van der Waals surface area contributed by atoms with Crippen LogP contribution in [0.15, 0.2) is 121 Å². The number of aldehydes is 1. The minimum atomic E-state index is -0.838. The van der Waals surface area contributed by atoms with Gasteiger partial charge in [0.25, 0.3) is 24.2 Å². The molecule has 0 radical (unpaired) electrons. The van der Waals surface area contributed by atoms with Gasteiger partial charge in [-0.1, -0.05) is 39.0 Å². The highest BCUT2D eigenvalue weighted by atomic mass is 16.5. The van der Waals surface area contributed by atoms with Crippen LogP contribution in [0.25, 0.3) is 0 Å². The van der Waals surface area contributed by atoms with Crippen LogP contribution in [0.5, 0.6) is 46.0 Å². The predicted octanol–water partition coefficient (Wildman–Crippen LogP) is 11.4. The summed E-state index contributed by atoms with van der Waals surface area (Å²) in [5.74, 6) is 0.404. The average molecular weight is 881 g/mol. The number of amides is 3. The molecule has 1 aliphatic heterocycles. The van der Waals surface area contributed by atoms with Crippen molar-refractivity contribution >= 4 is 42.1 Å². The molecule has 0 bridgehead atoms. The molecule has 1 aliphatic rings. The molecular formula is C52H52N2O11. The topological polar surface area (TPSA) is 155 Å². The van der Waals surface area contributed by atoms with Crippen LogP contribution in [0.3, 0.4) is 0 Å². The van der Waals surface area contributed by atoms with Crippen molar-refractivity contribution in [2.24, 2.45) is 0 Å². The van der Waals surface area contributed by atoms with E-state index in [2.05, 4.69) is 13.2 Å². The van der Waals surface area contributed by atoms with Gasteiger partial charge in [0.1, 0.15) is 34.5 Å². The Balaban J connectivity index is 0.00000190. The van der Waals surface area contributed by atoms with Gasteiger partial charge in [-0.2, -0.15) is 0 Å². The van der Waals surface area contributed by atoms with Crippen LogP contribution in [0.4, 0.5) is 5.69 Å². The Labute approximate surface area is 378 Å². The van der Waals surface area contributed by atoms with E-state index in [0.717, 1.165) is 10.5 Å². The van der Waals surface area contributed by atoms with E-state index < -0.39 is 29.2 Å². The second-order valence-electron chi connectivity index (χ2n) is 17.5. The number of carbonyl (C=O) groups is 6. The van der Waals surface area contributed by atoms with E-state index in [9.17, 15) is 28.8 Å². The summed E-state index contributed by atoms with van der Waals surface area (Å²) in [7, 11) is 1.50. The highest BCUT2D eigenvalue weighted by Gasteiger charge is 2.43. The van der Waals surface area contributed by atoms with Crippen molar-refractivity contribution in [3.05, 3.63) is 149 Å². The van der Waals surface area contributed by atoms with E-state index in [1.54, 1.807) is 99.6 Å². The van der Waals surface area contributed by atoms with Crippen LogP contribution in [-0.2, 0) is 15.0 Å². The van der Waals surface area contributed by atoms with E-state index in [1.807, 2.05) is 40.7 Å². The van der Waals surface area contributed by atoms with Gasteiger partial charge in [0.05, 0.1) is 16.7 Å². The van der Waals surface area contributed by atoms with Gasteiger partial charge >= 0.3 is 5.97 Å². The van der Waals surface area contributed by atoms with Crippen molar-refractivity contribution in [1.82, 2.24) is 4.90 Å². The summed E-state index contributed by atoms with van der Waals surface area (Å²) in [4.78, 5) is 78.4. The van der Waals surface area contributed by atoms with Crippen LogP contribution in [0, 0.1) is 0 Å². The van der Waals surface area contributed by atoms with Crippen LogP contribution >= 0.6 is 0 Å². The smallest absolute Gasteiger partial charge is 0.338 e. The van der Waals surface area contributed by atoms with E-state index >= 15 is 0 Å². The molecule has 13 heteroatoms. The largest absolute Gasteiger partial charge is 0.457 e. The maximum absolute atomic E-state index is 14.2. The molecule has 0 fully saturated rings. The van der Waals surface area contributed by atoms with E-state index in [4.69, 9.17) is 23.7 Å². The molecule has 0 saturated carbocycles. The number of esters is 1. The Morgan fingerprint density at radius 2 is 1.14 bits per heavy atom. The fourth-order valence-corrected chi connectivity index (χ4v) is 6.43. The van der Waals surface area contributed by atoms with Gasteiger partial charge in [0.2, 0.25) is 0 Å². The third kappa shape index (κ3) is 11.6. The van der Waals surface area contributed by atoms with Crippen LogP contribution in [-0.4, -0.2) is 53.9 Å². The summed E-state index contributed by atoms with van der Waals surface area (Å²) >= 11 is 0. The third-order valence-corrected chi connectivity index (χ3v) is 9.54. The van der Waals surface area contributed by atoms with E-state index in [0.29, 0.717) is 47.2 Å². The number of rotatable bonds is 13. The zero-order chi connectivity index (χ0) is 48.0. The van der Waals surface area contributed by atoms with Gasteiger partial charge in [-0.05, 0) is 126 Å². The Morgan fingerprint density at radius 1 is 0.631 bits per heavy atom. The molecule has 0 saturated heterocycles. The van der Waals surface area contributed by atoms with Crippen LogP contribution in [0.2, 0.25) is 0 Å². The van der Waals surface area contributed by atoms with Crippen molar-refractivity contribution in [3.8, 4) is 46.0 Å². The number of benzene rings is 5. The molecule has 5 aromatic carbocycles. The molecule has 13 nitrogen and oxygen atoms in total. The molecule has 65 heavy (non-hydrogen) atoms. The fraction of sp³-hybridized carbons (Fsp3) is 0.231. The summed E-state index contributed by atoms with van der Waals surface area (Å²) in [6.45, 7) is 24.3. The van der Waals surface area contributed by atoms with E-state index in [-0.39, 0.29) is 50.5 Å². The molecule has 0 aliphatic carbocycles. The number of ether oxygens (including phenoxy) is 5. The Bertz CT molecular complexity index is 2680. The Hall–Kier alpha value is -7.80. The number of hydrogen-bond donors (Lipinski definition) is 0. The van der Waals surface area contributed by atoms with Crippen molar-refractivity contribution in [2.45, 2.75) is 73.3 Å². The Kier molecular flexibility index (Phi) is 14.6. The third-order valence-electron chi connectivity index (χ3n) is 9.54. The number of allylic oxidation sites excluding steroid dienone is 1. The summed E-state index contributed by atoms with van der Waals surface area (Å²) in [5, 5.41) is 0. The minimum absolute atomic E-state index is 0.0252. The fourth-order valence-electron chi connectivity index (χ4n) is 6.43. The lowest BCUT2D eigenvalue weighted by Crippen LogP contribution is -2.45. The van der Waals surface area contributed by atoms with Gasteiger partial charge < -0.3 is 28.6 Å². The first-order chi connectivity index (χ1) is 30.5. The summed E-state index contributed by atoms with van der Waals surface area (Å²) in [6, 6.07) is 25.6. The highest BCUT2D eigenvalue weighted by Crippen LogP contribution is 2.42. The number of carbonyl (C=O) groups excluding carboxylic acids is 6. The van der Waals surface area contributed by atoms with Gasteiger partial charge in [0.15, 0.2) is 17.8 Å². The standard InChI is InChI=1S/C48H44N2O11.C4H8/c1-28(2)46(56)61-34-17-15-33(16-18-34)59-42-23-30(49(9)43(53)36-25-38-37(22-29(36)26-51)44(54)50(45(38)55)48(6,7)8)10-21-40(42)60-35-19-20-39(47(3,4)5)41(24-35)58-32-13-11-31(12-14-32)57-27-52;1-4(2)3/h10-27H,1H2,2-9H3;1H2,2-3H3. The number of imide groups is 1. The molecule has 3 amide bonds. The summed E-state index contributed by atoms with van der Waals surface area (Å²) in [5.41, 5.74) is 1.37. The highest BCUT2D eigenvalue weighted by molar-refractivity contribution is 6.24. The molecule has 0 aromatic heterocycles. The number of hydrogen-bond acceptors (Lipinski definition) is 11. The molecule has 1 heterocycles. The Morgan fingerprint density at radius 3 is 1.66 bits per heavy atom. The molecule has 0 N–H and O–H groups in total. The van der Waals surface area contributed by atoms with Crippen LogP contribution < -0.4 is 28.6 Å². The average Bonchev–Trinajstić information content (AvgIpc) is 3.49. The maximum Gasteiger partial charge on any atom is 0.338 e. The van der Waals surface area contributed by atoms with Gasteiger partial charge in [-0.15, -0.1) is 6.58 Å². The van der Waals surface area contributed by atoms with Crippen molar-refractivity contribution < 1.29 is 52.5 Å². The molecule has 5 aromatic rings. The lowest BCUT2D eigenvalue weighted by molar-refractivity contribution is -0.130. The first-order valence-electron chi connectivity index (χ1n) is 20.4. The predicted molar refractivity (Wildman–Crippen MR) is 247 cm³/mol. The molecule has 6 rings (SSSR count). The maximum atomic E-state index is 14.2. The van der Waals surface area contributed by atoms with Crippen molar-refractivity contribution in [3.63, 3.8) is 0 Å². The van der Waals surface area contributed by atoms with Gasteiger partial charge in [-0.25, -0.2) is 4.79 Å². The number of nitrogens with zero attached hydrogens (tertiary/aromatic N) is 2. The van der Waals surface area contributed by atoms with Gasteiger partial charge in [0, 0.05) is 47.1 Å². The van der Waals surface area contributed by atoms with E-state index in [1.165, 1.54) is 36.6 Å². The van der Waals surface area contributed by atoms with Crippen molar-refractivity contribution in [2.75, 3.05) is 11.9 Å². The zero-order valence-corrected chi connectivity index (χ0v) is 38.2.